The van der Waals surface area contributed by atoms with E-state index in [-0.39, 0.29) is 5.60 Å². The number of hydrogen-bond acceptors (Lipinski definition) is 3. The van der Waals surface area contributed by atoms with Crippen molar-refractivity contribution in [3.05, 3.63) is 0 Å². The van der Waals surface area contributed by atoms with Gasteiger partial charge < -0.3 is 19.3 Å². The van der Waals surface area contributed by atoms with Gasteiger partial charge in [-0.25, -0.2) is 0 Å². The Labute approximate surface area is 111 Å². The van der Waals surface area contributed by atoms with Crippen LogP contribution in [0.5, 0.6) is 0 Å². The van der Waals surface area contributed by atoms with Crippen molar-refractivity contribution in [2.75, 3.05) is 53.6 Å². The van der Waals surface area contributed by atoms with E-state index >= 15 is 0 Å². The quantitative estimate of drug-likeness (QED) is 0.683. The first-order valence-electron chi connectivity index (χ1n) is 6.64. The monoisotopic (exact) mass is 257 g/mol. The Morgan fingerprint density at radius 2 is 2.06 bits per heavy atom. The van der Waals surface area contributed by atoms with Gasteiger partial charge in [0.2, 0.25) is 0 Å². The van der Waals surface area contributed by atoms with Crippen molar-refractivity contribution < 1.29 is 9.47 Å². The number of likely N-dealkylation sites (N-methyl/N-ethyl adjacent to an activating group) is 1. The van der Waals surface area contributed by atoms with Gasteiger partial charge in [-0.15, -0.1) is 0 Å². The van der Waals surface area contributed by atoms with Crippen LogP contribution in [-0.4, -0.2) is 74.9 Å². The number of aliphatic imine (C=N–C) groups is 1. The fraction of sp³-hybridized carbons (Fsp3) is 0.923. The van der Waals surface area contributed by atoms with Crippen LogP contribution in [0.4, 0.5) is 0 Å². The van der Waals surface area contributed by atoms with Crippen LogP contribution >= 0.6 is 0 Å². The fourth-order valence-electron chi connectivity index (χ4n) is 2.06. The SMILES string of the molecule is CCOCC(C)(C)OCCN1CCN(C)C1=NC. The summed E-state index contributed by atoms with van der Waals surface area (Å²) in [6, 6.07) is 0. The minimum atomic E-state index is -0.217. The molecule has 0 amide bonds. The van der Waals surface area contributed by atoms with E-state index in [4.69, 9.17) is 9.47 Å². The highest BCUT2D eigenvalue weighted by atomic mass is 16.5. The predicted octanol–water partition coefficient (Wildman–Crippen LogP) is 1.05. The maximum absolute atomic E-state index is 5.88. The standard InChI is InChI=1S/C13H27N3O2/c1-6-17-11-13(2,3)18-10-9-16-8-7-15(5)12(16)14-4/h6-11H2,1-5H3. The molecule has 0 aromatic carbocycles. The van der Waals surface area contributed by atoms with E-state index in [1.54, 1.807) is 0 Å². The van der Waals surface area contributed by atoms with Gasteiger partial charge in [0, 0.05) is 40.3 Å². The Kier molecular flexibility index (Phi) is 5.88. The van der Waals surface area contributed by atoms with Crippen LogP contribution in [0, 0.1) is 0 Å². The van der Waals surface area contributed by atoms with Crippen molar-refractivity contribution in [3.8, 4) is 0 Å². The lowest BCUT2D eigenvalue weighted by Gasteiger charge is -2.27. The highest BCUT2D eigenvalue weighted by Gasteiger charge is 2.24. The fourth-order valence-corrected chi connectivity index (χ4v) is 2.06. The lowest BCUT2D eigenvalue weighted by molar-refractivity contribution is -0.0745. The summed E-state index contributed by atoms with van der Waals surface area (Å²) in [5.41, 5.74) is -0.217. The highest BCUT2D eigenvalue weighted by Crippen LogP contribution is 2.11. The highest BCUT2D eigenvalue weighted by molar-refractivity contribution is 5.81. The summed E-state index contributed by atoms with van der Waals surface area (Å²) in [6.07, 6.45) is 0. The third-order valence-corrected chi connectivity index (χ3v) is 3.04. The van der Waals surface area contributed by atoms with Gasteiger partial charge >= 0.3 is 0 Å². The first kappa shape index (κ1) is 15.2. The molecule has 1 aliphatic heterocycles. The van der Waals surface area contributed by atoms with Crippen molar-refractivity contribution in [3.63, 3.8) is 0 Å². The number of hydrogen-bond donors (Lipinski definition) is 0. The van der Waals surface area contributed by atoms with Gasteiger partial charge in [0.15, 0.2) is 5.96 Å². The van der Waals surface area contributed by atoms with E-state index in [0.717, 1.165) is 32.2 Å². The van der Waals surface area contributed by atoms with Gasteiger partial charge in [-0.3, -0.25) is 4.99 Å². The summed E-state index contributed by atoms with van der Waals surface area (Å²) in [5, 5.41) is 0. The molecule has 18 heavy (non-hydrogen) atoms. The zero-order chi connectivity index (χ0) is 13.6. The summed E-state index contributed by atoms with van der Waals surface area (Å²) in [4.78, 5) is 8.74. The molecule has 1 aliphatic rings. The Balaban J connectivity index is 2.29. The average Bonchev–Trinajstić information content (AvgIpc) is 2.67. The second-order valence-electron chi connectivity index (χ2n) is 5.18. The van der Waals surface area contributed by atoms with Crippen molar-refractivity contribution in [1.82, 2.24) is 9.80 Å². The van der Waals surface area contributed by atoms with Crippen LogP contribution in [0.1, 0.15) is 20.8 Å². The second kappa shape index (κ2) is 6.95. The van der Waals surface area contributed by atoms with Crippen LogP contribution in [0.2, 0.25) is 0 Å². The summed E-state index contributed by atoms with van der Waals surface area (Å²) in [6.45, 7) is 11.1. The lowest BCUT2D eigenvalue weighted by atomic mass is 10.1. The molecule has 5 nitrogen and oxygen atoms in total. The summed E-state index contributed by atoms with van der Waals surface area (Å²) in [7, 11) is 3.91. The van der Waals surface area contributed by atoms with Crippen molar-refractivity contribution in [2.24, 2.45) is 4.99 Å². The van der Waals surface area contributed by atoms with Gasteiger partial charge in [0.25, 0.3) is 0 Å². The zero-order valence-corrected chi connectivity index (χ0v) is 12.4. The molecule has 0 saturated carbocycles. The van der Waals surface area contributed by atoms with Gasteiger partial charge in [-0.2, -0.15) is 0 Å². The number of guanidine groups is 1. The molecule has 0 bridgehead atoms. The van der Waals surface area contributed by atoms with Gasteiger partial charge in [-0.05, 0) is 20.8 Å². The average molecular weight is 257 g/mol. The van der Waals surface area contributed by atoms with Crippen molar-refractivity contribution in [1.29, 1.82) is 0 Å². The smallest absolute Gasteiger partial charge is 0.196 e. The van der Waals surface area contributed by atoms with E-state index in [1.165, 1.54) is 0 Å². The molecule has 0 unspecified atom stereocenters. The maximum atomic E-state index is 5.88. The van der Waals surface area contributed by atoms with Crippen molar-refractivity contribution >= 4 is 5.96 Å². The Bertz CT molecular complexity index is 279. The van der Waals surface area contributed by atoms with E-state index in [1.807, 2.05) is 14.0 Å². The second-order valence-corrected chi connectivity index (χ2v) is 5.18. The summed E-state index contributed by atoms with van der Waals surface area (Å²) >= 11 is 0. The Morgan fingerprint density at radius 3 is 2.67 bits per heavy atom. The third-order valence-electron chi connectivity index (χ3n) is 3.04. The summed E-state index contributed by atoms with van der Waals surface area (Å²) in [5.74, 6) is 1.06. The molecule has 0 aromatic heterocycles. The van der Waals surface area contributed by atoms with Crippen LogP contribution in [0.3, 0.4) is 0 Å². The topological polar surface area (TPSA) is 37.3 Å². The molecule has 0 aromatic rings. The maximum Gasteiger partial charge on any atom is 0.196 e. The molecular weight excluding hydrogens is 230 g/mol. The molecule has 5 heteroatoms. The van der Waals surface area contributed by atoms with Crippen LogP contribution in [0.15, 0.2) is 4.99 Å². The summed E-state index contributed by atoms with van der Waals surface area (Å²) < 4.78 is 11.3. The van der Waals surface area contributed by atoms with Crippen LogP contribution < -0.4 is 0 Å². The third kappa shape index (κ3) is 4.46. The van der Waals surface area contributed by atoms with Crippen molar-refractivity contribution in [2.45, 2.75) is 26.4 Å². The number of nitrogens with zero attached hydrogens (tertiary/aromatic N) is 3. The molecular formula is C13H27N3O2. The molecule has 1 fully saturated rings. The molecule has 106 valence electrons. The molecule has 0 aliphatic carbocycles. The molecule has 1 rings (SSSR count). The van der Waals surface area contributed by atoms with Crippen LogP contribution in [-0.2, 0) is 9.47 Å². The first-order valence-corrected chi connectivity index (χ1v) is 6.64. The van der Waals surface area contributed by atoms with E-state index < -0.39 is 0 Å². The Morgan fingerprint density at radius 1 is 1.33 bits per heavy atom. The number of ether oxygens (including phenoxy) is 2. The molecule has 0 N–H and O–H groups in total. The van der Waals surface area contributed by atoms with Gasteiger partial charge in [0.05, 0.1) is 18.8 Å². The zero-order valence-electron chi connectivity index (χ0n) is 12.4. The van der Waals surface area contributed by atoms with Gasteiger partial charge in [0.1, 0.15) is 0 Å². The lowest BCUT2D eigenvalue weighted by Crippen LogP contribution is -2.37. The number of rotatable bonds is 7. The molecule has 0 spiro atoms. The van der Waals surface area contributed by atoms with E-state index in [2.05, 4.69) is 35.7 Å². The minimum absolute atomic E-state index is 0.217. The minimum Gasteiger partial charge on any atom is -0.379 e. The predicted molar refractivity (Wildman–Crippen MR) is 74.1 cm³/mol. The van der Waals surface area contributed by atoms with E-state index in [0.29, 0.717) is 13.2 Å². The molecule has 0 radical (unpaired) electrons. The largest absolute Gasteiger partial charge is 0.379 e. The normalized spacial score (nSPS) is 19.1. The molecule has 1 heterocycles. The van der Waals surface area contributed by atoms with E-state index in [9.17, 15) is 0 Å². The van der Waals surface area contributed by atoms with Gasteiger partial charge in [-0.1, -0.05) is 0 Å². The Hall–Kier alpha value is -0.810. The molecule has 1 saturated heterocycles. The molecule has 0 atom stereocenters. The first-order chi connectivity index (χ1) is 8.50. The van der Waals surface area contributed by atoms with Crippen LogP contribution in [0.25, 0.3) is 0 Å².